The molecule has 30 heavy (non-hydrogen) atoms. The number of hydrogen-bond acceptors (Lipinski definition) is 4. The van der Waals surface area contributed by atoms with Gasteiger partial charge in [-0.15, -0.1) is 0 Å². The third kappa shape index (κ3) is 2.84. The van der Waals surface area contributed by atoms with Gasteiger partial charge in [0.2, 0.25) is 0 Å². The molecule has 0 aliphatic carbocycles. The lowest BCUT2D eigenvalue weighted by molar-refractivity contribution is 0.289. The predicted molar refractivity (Wildman–Crippen MR) is 120 cm³/mol. The van der Waals surface area contributed by atoms with Crippen molar-refractivity contribution < 1.29 is 9.47 Å². The lowest BCUT2D eigenvalue weighted by Gasteiger charge is -2.33. The number of fused-ring (bicyclic) bond motifs is 5. The molecule has 4 aromatic carbocycles. The molecule has 0 atom stereocenters. The van der Waals surface area contributed by atoms with Gasteiger partial charge in [-0.05, 0) is 41.8 Å². The first kappa shape index (κ1) is 17.2. The summed E-state index contributed by atoms with van der Waals surface area (Å²) in [5, 5.41) is 2.37. The van der Waals surface area contributed by atoms with Crippen LogP contribution in [0.4, 0.5) is 11.4 Å². The number of rotatable bonds is 2. The highest BCUT2D eigenvalue weighted by molar-refractivity contribution is 5.94. The summed E-state index contributed by atoms with van der Waals surface area (Å²) in [6.45, 7) is 2.79. The second-order valence-corrected chi connectivity index (χ2v) is 7.81. The molecular formula is C26H22N2O2. The zero-order valence-corrected chi connectivity index (χ0v) is 16.6. The molecule has 2 heterocycles. The van der Waals surface area contributed by atoms with E-state index in [0.29, 0.717) is 13.5 Å². The van der Waals surface area contributed by atoms with Gasteiger partial charge in [0, 0.05) is 34.4 Å². The molecule has 0 amide bonds. The highest BCUT2D eigenvalue weighted by Gasteiger charge is 2.24. The molecule has 2 aliphatic heterocycles. The van der Waals surface area contributed by atoms with Crippen LogP contribution in [0.25, 0.3) is 10.8 Å². The molecule has 4 nitrogen and oxygen atoms in total. The third-order valence-electron chi connectivity index (χ3n) is 6.00. The van der Waals surface area contributed by atoms with Crippen LogP contribution in [0.1, 0.15) is 11.1 Å². The Labute approximate surface area is 175 Å². The average molecular weight is 394 g/mol. The Morgan fingerprint density at radius 2 is 1.20 bits per heavy atom. The molecule has 2 aliphatic rings. The molecule has 0 bridgehead atoms. The van der Waals surface area contributed by atoms with Gasteiger partial charge in [-0.2, -0.15) is 0 Å². The maximum atomic E-state index is 6.28. The van der Waals surface area contributed by atoms with Crippen LogP contribution >= 0.6 is 0 Å². The highest BCUT2D eigenvalue weighted by atomic mass is 16.5. The Hall–Kier alpha value is -3.66. The van der Waals surface area contributed by atoms with Gasteiger partial charge in [-0.1, -0.05) is 48.5 Å². The zero-order chi connectivity index (χ0) is 19.9. The number of hydrogen-bond donors (Lipinski definition) is 0. The number of anilines is 2. The second kappa shape index (κ2) is 6.99. The van der Waals surface area contributed by atoms with Crippen LogP contribution in [0.2, 0.25) is 0 Å². The number of para-hydroxylation sites is 2. The molecule has 0 saturated carbocycles. The summed E-state index contributed by atoms with van der Waals surface area (Å²) < 4.78 is 12.4. The van der Waals surface area contributed by atoms with Crippen molar-refractivity contribution in [2.45, 2.75) is 13.1 Å². The molecule has 0 unspecified atom stereocenters. The summed E-state index contributed by atoms with van der Waals surface area (Å²) >= 11 is 0. The molecule has 0 N–H and O–H groups in total. The highest BCUT2D eigenvalue weighted by Crippen LogP contribution is 2.40. The van der Waals surface area contributed by atoms with E-state index in [-0.39, 0.29) is 0 Å². The molecule has 4 heteroatoms. The Morgan fingerprint density at radius 1 is 0.567 bits per heavy atom. The molecule has 0 radical (unpaired) electrons. The van der Waals surface area contributed by atoms with Crippen molar-refractivity contribution in [1.82, 2.24) is 0 Å². The van der Waals surface area contributed by atoms with E-state index in [9.17, 15) is 0 Å². The monoisotopic (exact) mass is 394 g/mol. The maximum Gasteiger partial charge on any atom is 0.161 e. The summed E-state index contributed by atoms with van der Waals surface area (Å²) in [6, 6.07) is 29.5. The first-order valence-corrected chi connectivity index (χ1v) is 10.3. The quantitative estimate of drug-likeness (QED) is 0.445. The van der Waals surface area contributed by atoms with Crippen molar-refractivity contribution >= 4 is 22.1 Å². The van der Waals surface area contributed by atoms with E-state index in [4.69, 9.17) is 9.47 Å². The maximum absolute atomic E-state index is 6.28. The van der Waals surface area contributed by atoms with Crippen LogP contribution in [0.15, 0.2) is 84.9 Å². The number of nitrogens with zero attached hydrogens (tertiary/aromatic N) is 2. The Kier molecular flexibility index (Phi) is 4.01. The van der Waals surface area contributed by atoms with Crippen molar-refractivity contribution in [2.24, 2.45) is 0 Å². The van der Waals surface area contributed by atoms with Crippen LogP contribution in [0.3, 0.4) is 0 Å². The van der Waals surface area contributed by atoms with Crippen molar-refractivity contribution in [1.29, 1.82) is 0 Å². The lowest BCUT2D eigenvalue weighted by Crippen LogP contribution is -2.32. The Balaban J connectivity index is 1.37. The summed E-state index contributed by atoms with van der Waals surface area (Å²) in [7, 11) is 0. The van der Waals surface area contributed by atoms with Gasteiger partial charge in [-0.3, -0.25) is 0 Å². The van der Waals surface area contributed by atoms with Gasteiger partial charge in [0.05, 0.1) is 6.54 Å². The van der Waals surface area contributed by atoms with Crippen LogP contribution in [0.5, 0.6) is 11.5 Å². The van der Waals surface area contributed by atoms with E-state index in [1.165, 1.54) is 27.9 Å². The van der Waals surface area contributed by atoms with Crippen molar-refractivity contribution in [2.75, 3.05) is 23.3 Å². The fourth-order valence-electron chi connectivity index (χ4n) is 4.45. The van der Waals surface area contributed by atoms with E-state index < -0.39 is 0 Å². The van der Waals surface area contributed by atoms with Gasteiger partial charge < -0.3 is 19.3 Å². The molecule has 148 valence electrons. The number of benzene rings is 4. The largest absolute Gasteiger partial charge is 0.473 e. The smallest absolute Gasteiger partial charge is 0.161 e. The summed E-state index contributed by atoms with van der Waals surface area (Å²) in [5.41, 5.74) is 4.79. The average Bonchev–Trinajstić information content (AvgIpc) is 2.84. The van der Waals surface area contributed by atoms with Gasteiger partial charge in [0.1, 0.15) is 11.5 Å². The second-order valence-electron chi connectivity index (χ2n) is 7.81. The van der Waals surface area contributed by atoms with Crippen molar-refractivity contribution in [3.63, 3.8) is 0 Å². The van der Waals surface area contributed by atoms with E-state index in [0.717, 1.165) is 30.0 Å². The van der Waals surface area contributed by atoms with Crippen LogP contribution in [0, 0.1) is 0 Å². The molecule has 6 rings (SSSR count). The predicted octanol–water partition coefficient (Wildman–Crippen LogP) is 5.55. The summed E-state index contributed by atoms with van der Waals surface area (Å²) in [5.74, 6) is 1.97. The molecule has 4 aromatic rings. The molecule has 0 spiro atoms. The standard InChI is InChI=1S/C26H22N2O2/c1-3-7-20(8-4-1)27-15-19-11-12-22-23(26(19)30-18-27)13-14-25-24(22)16-28(17-29-25)21-9-5-2-6-10-21/h1-14H,15-18H2. The van der Waals surface area contributed by atoms with E-state index in [1.54, 1.807) is 0 Å². The van der Waals surface area contributed by atoms with Gasteiger partial charge in [0.15, 0.2) is 13.5 Å². The third-order valence-corrected chi connectivity index (χ3v) is 6.00. The molecule has 0 fully saturated rings. The van der Waals surface area contributed by atoms with E-state index >= 15 is 0 Å². The molecule has 0 aromatic heterocycles. The minimum absolute atomic E-state index is 0.555. The minimum Gasteiger partial charge on any atom is -0.473 e. The minimum atomic E-state index is 0.555. The molecular weight excluding hydrogens is 372 g/mol. The molecule has 0 saturated heterocycles. The van der Waals surface area contributed by atoms with E-state index in [1.807, 2.05) is 12.1 Å². The SMILES string of the molecule is c1ccc(N2COc3c(ccc4c5c(ccc34)OCN(c3ccccc3)C5)C2)cc1. The van der Waals surface area contributed by atoms with Gasteiger partial charge in [-0.25, -0.2) is 0 Å². The van der Waals surface area contributed by atoms with Crippen LogP contribution in [-0.2, 0) is 13.1 Å². The fraction of sp³-hybridized carbons (Fsp3) is 0.154. The van der Waals surface area contributed by atoms with Gasteiger partial charge >= 0.3 is 0 Å². The van der Waals surface area contributed by atoms with Crippen molar-refractivity contribution in [3.05, 3.63) is 96.1 Å². The first-order chi connectivity index (χ1) is 14.9. The number of ether oxygens (including phenoxy) is 2. The van der Waals surface area contributed by atoms with Gasteiger partial charge in [0.25, 0.3) is 0 Å². The van der Waals surface area contributed by atoms with Crippen LogP contribution in [-0.4, -0.2) is 13.5 Å². The summed E-state index contributed by atoms with van der Waals surface area (Å²) in [6.07, 6.45) is 0. The van der Waals surface area contributed by atoms with E-state index in [2.05, 4.69) is 82.6 Å². The fourth-order valence-corrected chi connectivity index (χ4v) is 4.45. The topological polar surface area (TPSA) is 24.9 Å². The Bertz CT molecular complexity index is 1210. The zero-order valence-electron chi connectivity index (χ0n) is 16.6. The lowest BCUT2D eigenvalue weighted by atomic mass is 9.98. The first-order valence-electron chi connectivity index (χ1n) is 10.3. The summed E-state index contributed by atoms with van der Waals surface area (Å²) in [4.78, 5) is 4.52. The van der Waals surface area contributed by atoms with Crippen LogP contribution < -0.4 is 19.3 Å². The Morgan fingerprint density at radius 3 is 1.93 bits per heavy atom. The van der Waals surface area contributed by atoms with Crippen molar-refractivity contribution in [3.8, 4) is 11.5 Å². The normalized spacial score (nSPS) is 15.2.